The molecule has 212 valence electrons. The van der Waals surface area contributed by atoms with Crippen LogP contribution in [0, 0.1) is 5.82 Å². The number of benzene rings is 5. The minimum absolute atomic E-state index is 0.204. The van der Waals surface area contributed by atoms with Crippen LogP contribution in [0.5, 0.6) is 11.5 Å². The molecule has 2 N–H and O–H groups in total. The summed E-state index contributed by atoms with van der Waals surface area (Å²) in [5, 5.41) is 15.2. The number of amides is 1. The Morgan fingerprint density at radius 3 is 2.30 bits per heavy atom. The van der Waals surface area contributed by atoms with E-state index in [1.54, 1.807) is 36.4 Å². The van der Waals surface area contributed by atoms with Crippen molar-refractivity contribution in [2.24, 2.45) is 0 Å². The van der Waals surface area contributed by atoms with Crippen LogP contribution in [0.15, 0.2) is 115 Å². The Morgan fingerprint density at radius 1 is 0.814 bits per heavy atom. The summed E-state index contributed by atoms with van der Waals surface area (Å²) in [4.78, 5) is 25.4. The number of aromatic carboxylic acids is 1. The molecule has 0 unspecified atom stereocenters. The number of ether oxygens (including phenoxy) is 1. The molecule has 1 heterocycles. The zero-order valence-electron chi connectivity index (χ0n) is 23.1. The SMILES string of the molecule is O=C(O)c1ccc(C2(NC(=O)c3cc(Oc4ccccc4)cc4ccn(Cc5ccc6cc(F)ccc6c5)c34)CC2)cc1. The van der Waals surface area contributed by atoms with Gasteiger partial charge in [-0.15, -0.1) is 0 Å². The number of fused-ring (bicyclic) bond motifs is 2. The average Bonchev–Trinajstić information content (AvgIpc) is 3.69. The molecule has 0 bridgehead atoms. The lowest BCUT2D eigenvalue weighted by atomic mass is 10.0. The van der Waals surface area contributed by atoms with Gasteiger partial charge in [0.15, 0.2) is 0 Å². The summed E-state index contributed by atoms with van der Waals surface area (Å²) in [6, 6.07) is 32.4. The van der Waals surface area contributed by atoms with Crippen LogP contribution in [0.4, 0.5) is 4.39 Å². The lowest BCUT2D eigenvalue weighted by Gasteiger charge is -2.20. The quantitative estimate of drug-likeness (QED) is 0.195. The molecule has 5 aromatic carbocycles. The van der Waals surface area contributed by atoms with E-state index in [-0.39, 0.29) is 17.3 Å². The lowest BCUT2D eigenvalue weighted by Crippen LogP contribution is -2.35. The second kappa shape index (κ2) is 10.4. The Kier molecular flexibility index (Phi) is 6.43. The average molecular weight is 571 g/mol. The molecule has 6 nitrogen and oxygen atoms in total. The second-order valence-corrected chi connectivity index (χ2v) is 11.0. The summed E-state index contributed by atoms with van der Waals surface area (Å²) in [6.07, 6.45) is 3.47. The third kappa shape index (κ3) is 5.21. The van der Waals surface area contributed by atoms with Gasteiger partial charge in [0.2, 0.25) is 0 Å². The molecule has 43 heavy (non-hydrogen) atoms. The van der Waals surface area contributed by atoms with Crippen LogP contribution in [0.2, 0.25) is 0 Å². The molecule has 7 heteroatoms. The monoisotopic (exact) mass is 570 g/mol. The highest BCUT2D eigenvalue weighted by Gasteiger charge is 2.46. The summed E-state index contributed by atoms with van der Waals surface area (Å²) in [6.45, 7) is 0.512. The minimum atomic E-state index is -0.989. The third-order valence-electron chi connectivity index (χ3n) is 8.06. The van der Waals surface area contributed by atoms with E-state index in [1.165, 1.54) is 12.1 Å². The maximum absolute atomic E-state index is 14.1. The zero-order chi connectivity index (χ0) is 29.6. The molecule has 1 aromatic heterocycles. The van der Waals surface area contributed by atoms with Crippen LogP contribution in [-0.2, 0) is 12.1 Å². The normalized spacial score (nSPS) is 13.6. The van der Waals surface area contributed by atoms with Gasteiger partial charge in [0.1, 0.15) is 17.3 Å². The Morgan fingerprint density at radius 2 is 1.56 bits per heavy atom. The fraction of sp³-hybridized carbons (Fsp3) is 0.111. The van der Waals surface area contributed by atoms with Gasteiger partial charge >= 0.3 is 5.97 Å². The number of nitrogens with one attached hydrogen (secondary N) is 1. The molecule has 1 amide bonds. The largest absolute Gasteiger partial charge is 0.478 e. The standard InChI is InChI=1S/C36H27FN2O4/c37-29-13-10-25-18-23(6-7-26(25)19-29)22-39-17-14-27-20-31(43-30-4-2-1-3-5-30)21-32(33(27)39)34(40)38-36(15-16-36)28-11-8-24(9-12-28)35(41)42/h1-14,17-21H,15-16,22H2,(H,38,40)(H,41,42). The number of carbonyl (C=O) groups excluding carboxylic acids is 1. The van der Waals surface area contributed by atoms with E-state index in [0.717, 1.165) is 45.6 Å². The van der Waals surface area contributed by atoms with E-state index in [4.69, 9.17) is 4.74 Å². The molecule has 0 aliphatic heterocycles. The van der Waals surface area contributed by atoms with Crippen molar-refractivity contribution >= 4 is 33.6 Å². The predicted molar refractivity (Wildman–Crippen MR) is 163 cm³/mol. The molecule has 0 spiro atoms. The highest BCUT2D eigenvalue weighted by molar-refractivity contribution is 6.07. The van der Waals surface area contributed by atoms with Gasteiger partial charge in [-0.25, -0.2) is 9.18 Å². The van der Waals surface area contributed by atoms with Gasteiger partial charge in [0.05, 0.1) is 22.2 Å². The molecule has 7 rings (SSSR count). The Hall–Kier alpha value is -5.43. The first-order valence-electron chi connectivity index (χ1n) is 14.1. The van der Waals surface area contributed by atoms with Crippen molar-refractivity contribution in [2.75, 3.05) is 0 Å². The molecule has 6 aromatic rings. The maximum Gasteiger partial charge on any atom is 0.335 e. The number of halogens is 1. The van der Waals surface area contributed by atoms with Gasteiger partial charge in [-0.1, -0.05) is 48.5 Å². The highest BCUT2D eigenvalue weighted by Crippen LogP contribution is 2.46. The number of rotatable bonds is 8. The molecular weight excluding hydrogens is 543 g/mol. The van der Waals surface area contributed by atoms with Crippen molar-refractivity contribution in [3.8, 4) is 11.5 Å². The molecule has 0 radical (unpaired) electrons. The van der Waals surface area contributed by atoms with E-state index in [2.05, 4.69) is 5.32 Å². The molecule has 0 saturated heterocycles. The predicted octanol–water partition coefficient (Wildman–Crippen LogP) is 7.89. The summed E-state index contributed by atoms with van der Waals surface area (Å²) in [5.74, 6) is -0.288. The first kappa shape index (κ1) is 26.5. The number of hydrogen-bond acceptors (Lipinski definition) is 3. The lowest BCUT2D eigenvalue weighted by molar-refractivity contribution is 0.0696. The van der Waals surface area contributed by atoms with E-state index >= 15 is 0 Å². The van der Waals surface area contributed by atoms with Gasteiger partial charge in [0, 0.05) is 18.1 Å². The number of carbonyl (C=O) groups is 2. The number of carboxylic acid groups (broad SMARTS) is 1. The number of para-hydroxylation sites is 1. The van der Waals surface area contributed by atoms with Crippen LogP contribution in [-0.4, -0.2) is 21.6 Å². The van der Waals surface area contributed by atoms with E-state index in [9.17, 15) is 19.1 Å². The summed E-state index contributed by atoms with van der Waals surface area (Å²) < 4.78 is 21.9. The van der Waals surface area contributed by atoms with E-state index in [1.807, 2.05) is 71.4 Å². The smallest absolute Gasteiger partial charge is 0.335 e. The van der Waals surface area contributed by atoms with Crippen molar-refractivity contribution in [1.82, 2.24) is 9.88 Å². The number of carboxylic acids is 1. The Bertz CT molecular complexity index is 2010. The van der Waals surface area contributed by atoms with Crippen molar-refractivity contribution in [3.05, 3.63) is 143 Å². The van der Waals surface area contributed by atoms with Crippen molar-refractivity contribution in [2.45, 2.75) is 24.9 Å². The van der Waals surface area contributed by atoms with Crippen molar-refractivity contribution in [3.63, 3.8) is 0 Å². The summed E-state index contributed by atoms with van der Waals surface area (Å²) in [7, 11) is 0. The molecule has 0 atom stereocenters. The zero-order valence-corrected chi connectivity index (χ0v) is 23.1. The molecule has 1 fully saturated rings. The van der Waals surface area contributed by atoms with Gasteiger partial charge in [0.25, 0.3) is 5.91 Å². The number of hydrogen-bond donors (Lipinski definition) is 2. The third-order valence-corrected chi connectivity index (χ3v) is 8.06. The second-order valence-electron chi connectivity index (χ2n) is 11.0. The molecule has 1 saturated carbocycles. The molecule has 1 aliphatic carbocycles. The van der Waals surface area contributed by atoms with Gasteiger partial charge < -0.3 is 19.7 Å². The summed E-state index contributed by atoms with van der Waals surface area (Å²) in [5.41, 5.74) is 2.79. The Balaban J connectivity index is 1.26. The summed E-state index contributed by atoms with van der Waals surface area (Å²) >= 11 is 0. The van der Waals surface area contributed by atoms with Crippen LogP contribution in [0.3, 0.4) is 0 Å². The van der Waals surface area contributed by atoms with Gasteiger partial charge in [-0.05, 0) is 95.4 Å². The molecular formula is C36H27FN2O4. The first-order valence-corrected chi connectivity index (χ1v) is 14.1. The van der Waals surface area contributed by atoms with Crippen molar-refractivity contribution < 1.29 is 23.8 Å². The minimum Gasteiger partial charge on any atom is -0.478 e. The van der Waals surface area contributed by atoms with Gasteiger partial charge in [-0.2, -0.15) is 0 Å². The van der Waals surface area contributed by atoms with Crippen molar-refractivity contribution in [1.29, 1.82) is 0 Å². The highest BCUT2D eigenvalue weighted by atomic mass is 19.1. The van der Waals surface area contributed by atoms with E-state index in [0.29, 0.717) is 23.6 Å². The Labute approximate surface area is 247 Å². The number of nitrogens with zero attached hydrogens (tertiary/aromatic N) is 1. The van der Waals surface area contributed by atoms with E-state index < -0.39 is 11.5 Å². The van der Waals surface area contributed by atoms with Crippen LogP contribution >= 0.6 is 0 Å². The fourth-order valence-corrected chi connectivity index (χ4v) is 5.70. The fourth-order valence-electron chi connectivity index (χ4n) is 5.70. The van der Waals surface area contributed by atoms with Crippen LogP contribution < -0.4 is 10.1 Å². The maximum atomic E-state index is 14.1. The molecule has 1 aliphatic rings. The van der Waals surface area contributed by atoms with Crippen LogP contribution in [0.25, 0.3) is 21.7 Å². The van der Waals surface area contributed by atoms with Crippen LogP contribution in [0.1, 0.15) is 44.7 Å². The topological polar surface area (TPSA) is 80.6 Å². The number of aromatic nitrogens is 1. The first-order chi connectivity index (χ1) is 20.9. The van der Waals surface area contributed by atoms with Gasteiger partial charge in [-0.3, -0.25) is 4.79 Å².